The Kier molecular flexibility index (Phi) is 3.55. The van der Waals surface area contributed by atoms with Crippen molar-refractivity contribution in [3.8, 4) is 0 Å². The third-order valence-corrected chi connectivity index (χ3v) is 4.39. The van der Waals surface area contributed by atoms with E-state index >= 15 is 0 Å². The van der Waals surface area contributed by atoms with Gasteiger partial charge >= 0.3 is 12.1 Å². The normalized spacial score (nSPS) is 26.4. The van der Waals surface area contributed by atoms with Gasteiger partial charge in [-0.05, 0) is 33.8 Å². The van der Waals surface area contributed by atoms with E-state index in [-0.39, 0.29) is 17.7 Å². The van der Waals surface area contributed by atoms with E-state index in [1.807, 2.05) is 27.7 Å². The molecule has 2 aliphatic rings. The number of halogens is 1. The molecule has 0 saturated carbocycles. The summed E-state index contributed by atoms with van der Waals surface area (Å²) in [5, 5.41) is 0.132. The van der Waals surface area contributed by atoms with Gasteiger partial charge in [0.1, 0.15) is 16.3 Å². The van der Waals surface area contributed by atoms with E-state index in [0.29, 0.717) is 17.5 Å². The number of hydrogen-bond donors (Lipinski definition) is 0. The maximum Gasteiger partial charge on any atom is 0.410 e. The lowest BCUT2D eigenvalue weighted by molar-refractivity contribution is -0.00885. The second-order valence-electron chi connectivity index (χ2n) is 7.07. The van der Waals surface area contributed by atoms with Crippen LogP contribution >= 0.6 is 11.6 Å². The van der Waals surface area contributed by atoms with Gasteiger partial charge < -0.3 is 14.4 Å². The average Bonchev–Trinajstić information content (AvgIpc) is 2.87. The number of nitrogens with zero attached hydrogens (tertiary/aromatic N) is 2. The summed E-state index contributed by atoms with van der Waals surface area (Å²) < 4.78 is 11.1. The van der Waals surface area contributed by atoms with E-state index in [0.717, 1.165) is 0 Å². The van der Waals surface area contributed by atoms with Crippen LogP contribution in [0.5, 0.6) is 0 Å². The van der Waals surface area contributed by atoms with Crippen molar-refractivity contribution in [3.63, 3.8) is 0 Å². The Morgan fingerprint density at radius 3 is 2.87 bits per heavy atom. The zero-order valence-corrected chi connectivity index (χ0v) is 14.3. The summed E-state index contributed by atoms with van der Waals surface area (Å²) in [6.45, 7) is 7.61. The molecule has 7 heteroatoms. The van der Waals surface area contributed by atoms with Crippen LogP contribution in [0.4, 0.5) is 4.79 Å². The van der Waals surface area contributed by atoms with E-state index in [1.54, 1.807) is 17.2 Å². The molecule has 1 unspecified atom stereocenters. The molecule has 0 N–H and O–H groups in total. The van der Waals surface area contributed by atoms with Gasteiger partial charge in [-0.3, -0.25) is 0 Å². The molecule has 0 bridgehead atoms. The van der Waals surface area contributed by atoms with Gasteiger partial charge in [-0.15, -0.1) is 0 Å². The molecule has 1 spiro atoms. The van der Waals surface area contributed by atoms with E-state index in [4.69, 9.17) is 21.1 Å². The van der Waals surface area contributed by atoms with Gasteiger partial charge in [0.2, 0.25) is 0 Å². The van der Waals surface area contributed by atoms with Gasteiger partial charge in [0.25, 0.3) is 0 Å². The van der Waals surface area contributed by atoms with Crippen molar-refractivity contribution < 1.29 is 19.1 Å². The number of carbonyl (C=O) groups is 2. The summed E-state index contributed by atoms with van der Waals surface area (Å²) >= 11 is 6.03. The Labute approximate surface area is 139 Å². The molecule has 1 aromatic rings. The predicted octanol–water partition coefficient (Wildman–Crippen LogP) is 3.13. The van der Waals surface area contributed by atoms with Crippen molar-refractivity contribution in [2.24, 2.45) is 0 Å². The Hall–Kier alpha value is -1.82. The molecule has 124 valence electrons. The molecule has 1 fully saturated rings. The topological polar surface area (TPSA) is 68.7 Å². The van der Waals surface area contributed by atoms with Gasteiger partial charge in [0, 0.05) is 24.2 Å². The first kappa shape index (κ1) is 16.1. The zero-order chi connectivity index (χ0) is 17.0. The Morgan fingerprint density at radius 1 is 1.52 bits per heavy atom. The Bertz CT molecular complexity index is 685. The lowest BCUT2D eigenvalue weighted by atomic mass is 9.91. The van der Waals surface area contributed by atoms with Gasteiger partial charge in [-0.2, -0.15) is 0 Å². The van der Waals surface area contributed by atoms with Crippen molar-refractivity contribution in [2.45, 2.75) is 51.4 Å². The molecule has 6 nitrogen and oxygen atoms in total. The molecule has 1 aromatic heterocycles. The van der Waals surface area contributed by atoms with Gasteiger partial charge in [-0.1, -0.05) is 11.6 Å². The highest BCUT2D eigenvalue weighted by Gasteiger charge is 2.55. The van der Waals surface area contributed by atoms with Crippen LogP contribution in [-0.2, 0) is 15.1 Å². The van der Waals surface area contributed by atoms with E-state index in [1.165, 1.54) is 0 Å². The highest BCUT2D eigenvalue weighted by molar-refractivity contribution is 6.32. The molecular weight excluding hydrogens is 320 g/mol. The van der Waals surface area contributed by atoms with E-state index in [2.05, 4.69) is 4.98 Å². The number of ether oxygens (including phenoxy) is 2. The first-order chi connectivity index (χ1) is 10.6. The maximum atomic E-state index is 12.4. The van der Waals surface area contributed by atoms with Crippen LogP contribution < -0.4 is 0 Å². The van der Waals surface area contributed by atoms with Crippen LogP contribution in [0.2, 0.25) is 5.15 Å². The summed E-state index contributed by atoms with van der Waals surface area (Å²) in [6.07, 6.45) is 1.64. The summed E-state index contributed by atoms with van der Waals surface area (Å²) in [5.74, 6) is -0.490. The van der Waals surface area contributed by atoms with E-state index in [9.17, 15) is 9.59 Å². The number of fused-ring (bicyclic) bond motifs is 2. The van der Waals surface area contributed by atoms with E-state index < -0.39 is 23.3 Å². The lowest BCUT2D eigenvalue weighted by Gasteiger charge is -2.27. The standard InChI is InChI=1S/C16H19ClN2O4/c1-9-7-16(8-19(9)14(21)23-15(2,3)4)10-5-6-18-12(17)11(10)13(20)22-16/h5-6,9H,7-8H2,1-4H3/t9-,16?/m0/s1. The molecular formula is C16H19ClN2O4. The largest absolute Gasteiger partial charge is 0.448 e. The molecule has 2 atom stereocenters. The fraction of sp³-hybridized carbons (Fsp3) is 0.562. The minimum atomic E-state index is -0.866. The number of amides is 1. The van der Waals surface area contributed by atoms with Gasteiger partial charge in [-0.25, -0.2) is 14.6 Å². The highest BCUT2D eigenvalue weighted by Crippen LogP contribution is 2.47. The van der Waals surface area contributed by atoms with Crippen LogP contribution in [0.25, 0.3) is 0 Å². The van der Waals surface area contributed by atoms with Crippen LogP contribution in [0, 0.1) is 0 Å². The zero-order valence-electron chi connectivity index (χ0n) is 13.6. The van der Waals surface area contributed by atoms with Crippen molar-refractivity contribution in [2.75, 3.05) is 6.54 Å². The minimum Gasteiger partial charge on any atom is -0.448 e. The SMILES string of the molecule is C[C@H]1CC2(CN1C(=O)OC(C)(C)C)OC(=O)c1c2ccnc1Cl. The van der Waals surface area contributed by atoms with Gasteiger partial charge in [0.15, 0.2) is 5.60 Å². The van der Waals surface area contributed by atoms with Crippen LogP contribution in [0.3, 0.4) is 0 Å². The summed E-state index contributed by atoms with van der Waals surface area (Å²) in [5.41, 5.74) is -0.452. The predicted molar refractivity (Wildman–Crippen MR) is 83.4 cm³/mol. The highest BCUT2D eigenvalue weighted by atomic mass is 35.5. The fourth-order valence-corrected chi connectivity index (χ4v) is 3.45. The average molecular weight is 339 g/mol. The third-order valence-electron chi connectivity index (χ3n) is 4.10. The summed E-state index contributed by atoms with van der Waals surface area (Å²) in [7, 11) is 0. The molecule has 1 saturated heterocycles. The molecule has 23 heavy (non-hydrogen) atoms. The lowest BCUT2D eigenvalue weighted by Crippen LogP contribution is -2.40. The molecule has 2 aliphatic heterocycles. The number of hydrogen-bond acceptors (Lipinski definition) is 5. The fourth-order valence-electron chi connectivity index (χ4n) is 3.21. The smallest absolute Gasteiger partial charge is 0.410 e. The minimum absolute atomic E-state index is 0.115. The van der Waals surface area contributed by atoms with Crippen molar-refractivity contribution >= 4 is 23.7 Å². The van der Waals surface area contributed by atoms with Crippen molar-refractivity contribution in [1.82, 2.24) is 9.88 Å². The number of carbonyl (C=O) groups excluding carboxylic acids is 2. The Balaban J connectivity index is 1.92. The first-order valence-corrected chi connectivity index (χ1v) is 7.89. The van der Waals surface area contributed by atoms with Crippen LogP contribution in [0.1, 0.15) is 50.0 Å². The summed E-state index contributed by atoms with van der Waals surface area (Å²) in [4.78, 5) is 30.1. The second-order valence-corrected chi connectivity index (χ2v) is 7.43. The van der Waals surface area contributed by atoms with Crippen LogP contribution in [-0.4, -0.2) is 40.1 Å². The van der Waals surface area contributed by atoms with Crippen LogP contribution in [0.15, 0.2) is 12.3 Å². The molecule has 0 radical (unpaired) electrons. The number of pyridine rings is 1. The number of aromatic nitrogens is 1. The molecule has 3 rings (SSSR count). The molecule has 3 heterocycles. The molecule has 1 amide bonds. The molecule has 0 aromatic carbocycles. The monoisotopic (exact) mass is 338 g/mol. The third kappa shape index (κ3) is 2.65. The number of esters is 1. The Morgan fingerprint density at radius 2 is 2.22 bits per heavy atom. The quantitative estimate of drug-likeness (QED) is 0.537. The second kappa shape index (κ2) is 5.09. The maximum absolute atomic E-state index is 12.4. The van der Waals surface area contributed by atoms with Crippen molar-refractivity contribution in [1.29, 1.82) is 0 Å². The molecule has 0 aliphatic carbocycles. The van der Waals surface area contributed by atoms with Crippen molar-refractivity contribution in [3.05, 3.63) is 28.5 Å². The number of rotatable bonds is 0. The van der Waals surface area contributed by atoms with Gasteiger partial charge in [0.05, 0.1) is 6.54 Å². The summed E-state index contributed by atoms with van der Waals surface area (Å²) in [6, 6.07) is 1.62. The number of likely N-dealkylation sites (tertiary alicyclic amines) is 1. The first-order valence-electron chi connectivity index (χ1n) is 7.51.